The van der Waals surface area contributed by atoms with Gasteiger partial charge in [-0.05, 0) is 12.1 Å². The molecule has 0 bridgehead atoms. The summed E-state index contributed by atoms with van der Waals surface area (Å²) in [7, 11) is 0. The van der Waals surface area contributed by atoms with Gasteiger partial charge < -0.3 is 0 Å². The summed E-state index contributed by atoms with van der Waals surface area (Å²) in [5.74, 6) is -0.952. The summed E-state index contributed by atoms with van der Waals surface area (Å²) < 4.78 is 0. The van der Waals surface area contributed by atoms with Crippen molar-refractivity contribution >= 4 is 52.3 Å². The molecule has 82 valence electrons. The van der Waals surface area contributed by atoms with Gasteiger partial charge in [-0.3, -0.25) is 9.59 Å². The number of imide groups is 1. The molecule has 0 radical (unpaired) electrons. The third-order valence-corrected chi connectivity index (χ3v) is 2.81. The Bertz CT molecular complexity index is 484. The van der Waals surface area contributed by atoms with Crippen LogP contribution in [-0.2, 0) is 9.59 Å². The molecule has 0 N–H and O–H groups in total. The summed E-state index contributed by atoms with van der Waals surface area (Å²) in [5.41, 5.74) is 0.160. The van der Waals surface area contributed by atoms with E-state index in [1.54, 1.807) is 0 Å². The quantitative estimate of drug-likeness (QED) is 0.739. The Morgan fingerprint density at radius 2 is 1.31 bits per heavy atom. The second-order valence-corrected chi connectivity index (χ2v) is 4.31. The first kappa shape index (κ1) is 11.5. The molecule has 1 aliphatic heterocycles. The third-order valence-electron chi connectivity index (χ3n) is 2.01. The zero-order valence-corrected chi connectivity index (χ0v) is 9.97. The molecule has 0 fully saturated rings. The van der Waals surface area contributed by atoms with Crippen molar-refractivity contribution in [2.24, 2.45) is 0 Å². The van der Waals surface area contributed by atoms with E-state index in [1.807, 2.05) is 0 Å². The summed E-state index contributed by atoms with van der Waals surface area (Å²) in [6.45, 7) is 0. The summed E-state index contributed by atoms with van der Waals surface area (Å²) in [6, 6.07) is 2.84. The van der Waals surface area contributed by atoms with Crippen molar-refractivity contribution in [1.29, 1.82) is 0 Å². The largest absolute Gasteiger partial charge is 0.269 e. The first-order valence-corrected chi connectivity index (χ1v) is 5.35. The maximum atomic E-state index is 11.4. The Morgan fingerprint density at radius 1 is 0.875 bits per heavy atom. The highest BCUT2D eigenvalue weighted by Gasteiger charge is 2.29. The van der Waals surface area contributed by atoms with Gasteiger partial charge >= 0.3 is 0 Å². The highest BCUT2D eigenvalue weighted by Crippen LogP contribution is 2.37. The molecule has 0 aromatic heterocycles. The van der Waals surface area contributed by atoms with Gasteiger partial charge in [0, 0.05) is 17.2 Å². The first-order chi connectivity index (χ1) is 7.50. The lowest BCUT2D eigenvalue weighted by Crippen LogP contribution is -2.30. The van der Waals surface area contributed by atoms with E-state index in [-0.39, 0.29) is 15.7 Å². The highest BCUT2D eigenvalue weighted by atomic mass is 35.5. The fourth-order valence-electron chi connectivity index (χ4n) is 1.37. The number of hydrogen-bond donors (Lipinski definition) is 0. The molecule has 1 heterocycles. The van der Waals surface area contributed by atoms with Crippen LogP contribution < -0.4 is 4.90 Å². The van der Waals surface area contributed by atoms with Crippen LogP contribution in [0.25, 0.3) is 0 Å². The molecule has 0 aliphatic carbocycles. The van der Waals surface area contributed by atoms with Crippen LogP contribution in [-0.4, -0.2) is 11.8 Å². The lowest BCUT2D eigenvalue weighted by atomic mass is 10.3. The SMILES string of the molecule is O=C1C=CC(=O)N1c1c(Cl)cc(Cl)cc1Cl. The number of halogens is 3. The molecule has 1 aliphatic rings. The molecule has 6 heteroatoms. The van der Waals surface area contributed by atoms with Gasteiger partial charge in [-0.25, -0.2) is 4.90 Å². The van der Waals surface area contributed by atoms with Crippen LogP contribution in [0.1, 0.15) is 0 Å². The van der Waals surface area contributed by atoms with E-state index in [0.29, 0.717) is 5.02 Å². The van der Waals surface area contributed by atoms with E-state index < -0.39 is 11.8 Å². The lowest BCUT2D eigenvalue weighted by Gasteiger charge is -2.17. The van der Waals surface area contributed by atoms with Gasteiger partial charge in [0.05, 0.1) is 15.7 Å². The van der Waals surface area contributed by atoms with E-state index in [1.165, 1.54) is 12.1 Å². The minimum Gasteiger partial charge on any atom is -0.269 e. The van der Waals surface area contributed by atoms with Gasteiger partial charge in [-0.2, -0.15) is 0 Å². The van der Waals surface area contributed by atoms with E-state index in [4.69, 9.17) is 34.8 Å². The summed E-state index contributed by atoms with van der Waals surface area (Å²) in [6.07, 6.45) is 2.31. The van der Waals surface area contributed by atoms with Crippen molar-refractivity contribution in [3.8, 4) is 0 Å². The Hall–Kier alpha value is -1.03. The van der Waals surface area contributed by atoms with Crippen LogP contribution in [0.5, 0.6) is 0 Å². The molecule has 2 amide bonds. The molecule has 0 atom stereocenters. The lowest BCUT2D eigenvalue weighted by molar-refractivity contribution is -0.119. The van der Waals surface area contributed by atoms with Gasteiger partial charge in [0.25, 0.3) is 11.8 Å². The maximum Gasteiger partial charge on any atom is 0.258 e. The maximum absolute atomic E-state index is 11.4. The molecule has 0 spiro atoms. The number of benzene rings is 1. The Kier molecular flexibility index (Phi) is 2.93. The molecule has 2 rings (SSSR count). The predicted molar refractivity (Wildman–Crippen MR) is 63.1 cm³/mol. The fraction of sp³-hybridized carbons (Fsp3) is 0. The summed E-state index contributed by atoms with van der Waals surface area (Å²) >= 11 is 17.5. The Labute approximate surface area is 106 Å². The number of carbonyl (C=O) groups is 2. The van der Waals surface area contributed by atoms with Gasteiger partial charge in [-0.15, -0.1) is 0 Å². The van der Waals surface area contributed by atoms with Crippen LogP contribution in [0, 0.1) is 0 Å². The second-order valence-electron chi connectivity index (χ2n) is 3.06. The van der Waals surface area contributed by atoms with E-state index in [2.05, 4.69) is 0 Å². The van der Waals surface area contributed by atoms with Crippen molar-refractivity contribution in [3.05, 3.63) is 39.4 Å². The standard InChI is InChI=1S/C10H4Cl3NO2/c11-5-3-6(12)10(7(13)4-5)14-8(15)1-2-9(14)16/h1-4H. The average molecular weight is 277 g/mol. The molecule has 0 saturated carbocycles. The van der Waals surface area contributed by atoms with Crippen molar-refractivity contribution in [2.45, 2.75) is 0 Å². The molecular formula is C10H4Cl3NO2. The molecule has 3 nitrogen and oxygen atoms in total. The molecule has 0 saturated heterocycles. The van der Waals surface area contributed by atoms with Crippen molar-refractivity contribution < 1.29 is 9.59 Å². The van der Waals surface area contributed by atoms with Crippen LogP contribution in [0.2, 0.25) is 15.1 Å². The smallest absolute Gasteiger partial charge is 0.258 e. The van der Waals surface area contributed by atoms with Gasteiger partial charge in [0.1, 0.15) is 0 Å². The number of nitrogens with zero attached hydrogens (tertiary/aromatic N) is 1. The average Bonchev–Trinajstić information content (AvgIpc) is 2.47. The number of anilines is 1. The fourth-order valence-corrected chi connectivity index (χ4v) is 2.35. The monoisotopic (exact) mass is 275 g/mol. The molecule has 16 heavy (non-hydrogen) atoms. The zero-order valence-electron chi connectivity index (χ0n) is 7.71. The number of hydrogen-bond acceptors (Lipinski definition) is 2. The number of carbonyl (C=O) groups excluding carboxylic acids is 2. The normalized spacial score (nSPS) is 15.1. The van der Waals surface area contributed by atoms with Crippen LogP contribution in [0.3, 0.4) is 0 Å². The van der Waals surface area contributed by atoms with Crippen LogP contribution in [0.15, 0.2) is 24.3 Å². The van der Waals surface area contributed by atoms with E-state index in [0.717, 1.165) is 17.1 Å². The van der Waals surface area contributed by atoms with E-state index >= 15 is 0 Å². The Morgan fingerprint density at radius 3 is 1.75 bits per heavy atom. The molecule has 1 aromatic carbocycles. The zero-order chi connectivity index (χ0) is 11.9. The number of rotatable bonds is 1. The minimum atomic E-state index is -0.476. The van der Waals surface area contributed by atoms with Gasteiger partial charge in [-0.1, -0.05) is 34.8 Å². The molecular weight excluding hydrogens is 272 g/mol. The van der Waals surface area contributed by atoms with Crippen LogP contribution >= 0.6 is 34.8 Å². The van der Waals surface area contributed by atoms with Crippen molar-refractivity contribution in [1.82, 2.24) is 0 Å². The van der Waals surface area contributed by atoms with E-state index in [9.17, 15) is 9.59 Å². The molecule has 0 unspecified atom stereocenters. The first-order valence-electron chi connectivity index (χ1n) is 4.21. The Balaban J connectivity index is 2.57. The van der Waals surface area contributed by atoms with Crippen molar-refractivity contribution in [3.63, 3.8) is 0 Å². The van der Waals surface area contributed by atoms with Gasteiger partial charge in [0.2, 0.25) is 0 Å². The highest BCUT2D eigenvalue weighted by molar-refractivity contribution is 6.44. The summed E-state index contributed by atoms with van der Waals surface area (Å²) in [5, 5.41) is 0.650. The number of amides is 2. The molecule has 1 aromatic rings. The predicted octanol–water partition coefficient (Wildman–Crippen LogP) is 3.08. The second kappa shape index (κ2) is 4.09. The van der Waals surface area contributed by atoms with Crippen molar-refractivity contribution in [2.75, 3.05) is 4.90 Å². The summed E-state index contributed by atoms with van der Waals surface area (Å²) in [4.78, 5) is 23.8. The third kappa shape index (κ3) is 1.82. The van der Waals surface area contributed by atoms with Gasteiger partial charge in [0.15, 0.2) is 0 Å². The van der Waals surface area contributed by atoms with Crippen LogP contribution in [0.4, 0.5) is 5.69 Å². The minimum absolute atomic E-state index is 0.155. The topological polar surface area (TPSA) is 37.4 Å².